The predicted molar refractivity (Wildman–Crippen MR) is 90.2 cm³/mol. The lowest BCUT2D eigenvalue weighted by atomic mass is 9.88. The minimum absolute atomic E-state index is 0.123. The average molecular weight is 296 g/mol. The first kappa shape index (κ1) is 15.3. The lowest BCUT2D eigenvalue weighted by Crippen LogP contribution is -2.23. The van der Waals surface area contributed by atoms with E-state index in [1.807, 2.05) is 6.08 Å². The van der Waals surface area contributed by atoms with Crippen LogP contribution < -0.4 is 0 Å². The lowest BCUT2D eigenvalue weighted by molar-refractivity contribution is 0.117. The van der Waals surface area contributed by atoms with Crippen LogP contribution in [-0.4, -0.2) is 23.4 Å². The summed E-state index contributed by atoms with van der Waals surface area (Å²) in [6.07, 6.45) is 10.6. The van der Waals surface area contributed by atoms with Gasteiger partial charge >= 0.3 is 0 Å². The molecule has 0 saturated heterocycles. The molecule has 1 aromatic carbocycles. The van der Waals surface area contributed by atoms with Gasteiger partial charge in [-0.1, -0.05) is 48.6 Å². The van der Waals surface area contributed by atoms with Crippen LogP contribution in [0.1, 0.15) is 17.5 Å². The smallest absolute Gasteiger partial charge is 0.0468 e. The molecule has 0 unspecified atom stereocenters. The Morgan fingerprint density at radius 2 is 1.82 bits per heavy atom. The van der Waals surface area contributed by atoms with Crippen LogP contribution in [0.2, 0.25) is 0 Å². The zero-order chi connectivity index (χ0) is 15.5. The molecule has 1 saturated carbocycles. The Morgan fingerprint density at radius 3 is 2.55 bits per heavy atom. The normalized spacial score (nSPS) is 30.5. The number of allylic oxidation sites excluding steroid dienone is 5. The number of hydrogen-bond donors (Lipinski definition) is 2. The Labute approximate surface area is 132 Å². The highest BCUT2D eigenvalue weighted by Gasteiger charge is 2.39. The number of aliphatic hydroxyl groups is 2. The molecule has 1 aromatic rings. The second kappa shape index (κ2) is 6.64. The van der Waals surface area contributed by atoms with Crippen molar-refractivity contribution in [3.63, 3.8) is 0 Å². The molecule has 2 heteroatoms. The molecule has 2 N–H and O–H groups in total. The van der Waals surface area contributed by atoms with E-state index in [0.717, 1.165) is 12.8 Å². The summed E-state index contributed by atoms with van der Waals surface area (Å²) in [6.45, 7) is 4.13. The third-order valence-electron chi connectivity index (χ3n) is 5.31. The van der Waals surface area contributed by atoms with Gasteiger partial charge in [-0.15, -0.1) is 6.58 Å². The molecule has 2 aliphatic carbocycles. The monoisotopic (exact) mass is 296 g/mol. The highest BCUT2D eigenvalue weighted by molar-refractivity contribution is 5.79. The lowest BCUT2D eigenvalue weighted by Gasteiger charge is -2.20. The van der Waals surface area contributed by atoms with E-state index in [-0.39, 0.29) is 25.0 Å². The second-order valence-electron chi connectivity index (χ2n) is 6.37. The Kier molecular flexibility index (Phi) is 4.60. The van der Waals surface area contributed by atoms with E-state index in [4.69, 9.17) is 0 Å². The van der Waals surface area contributed by atoms with Gasteiger partial charge in [0.05, 0.1) is 0 Å². The Hall–Kier alpha value is -1.64. The number of benzene rings is 1. The van der Waals surface area contributed by atoms with Crippen LogP contribution in [0.25, 0.3) is 5.57 Å². The molecule has 0 bridgehead atoms. The van der Waals surface area contributed by atoms with Crippen LogP contribution in [0.4, 0.5) is 0 Å². The molecule has 116 valence electrons. The fourth-order valence-corrected chi connectivity index (χ4v) is 4.03. The average Bonchev–Trinajstić information content (AvgIpc) is 3.13. The van der Waals surface area contributed by atoms with Crippen LogP contribution in [0, 0.1) is 23.7 Å². The van der Waals surface area contributed by atoms with Gasteiger partial charge < -0.3 is 10.2 Å². The Bertz CT molecular complexity index is 599. The van der Waals surface area contributed by atoms with E-state index < -0.39 is 0 Å². The molecule has 4 atom stereocenters. The summed E-state index contributed by atoms with van der Waals surface area (Å²) < 4.78 is 0. The quantitative estimate of drug-likeness (QED) is 0.819. The maximum atomic E-state index is 9.71. The molecular formula is C20H24O2. The number of rotatable bonds is 5. The summed E-state index contributed by atoms with van der Waals surface area (Å²) in [5.74, 6) is 0.851. The standard InChI is InChI=1S/C20H24O2/c1-2-14-11-17(20(13-22)19(14)12-21)10-9-16-8-7-15-5-3-4-6-18(15)16/h2-6,8-10,14,17,19-22H,1,7,11-13H2/b10-9-/t14-,17+,19+,20-/m1/s1. The van der Waals surface area contributed by atoms with Gasteiger partial charge in [-0.25, -0.2) is 0 Å². The third-order valence-corrected chi connectivity index (χ3v) is 5.31. The van der Waals surface area contributed by atoms with Crippen molar-refractivity contribution in [1.29, 1.82) is 0 Å². The summed E-state index contributed by atoms with van der Waals surface area (Å²) in [6, 6.07) is 8.50. The summed E-state index contributed by atoms with van der Waals surface area (Å²) >= 11 is 0. The van der Waals surface area contributed by atoms with Crippen LogP contribution in [-0.2, 0) is 6.42 Å². The molecule has 2 aliphatic rings. The highest BCUT2D eigenvalue weighted by Crippen LogP contribution is 2.43. The Balaban J connectivity index is 1.77. The van der Waals surface area contributed by atoms with Crippen molar-refractivity contribution in [2.75, 3.05) is 13.2 Å². The summed E-state index contributed by atoms with van der Waals surface area (Å²) in [7, 11) is 0. The van der Waals surface area contributed by atoms with Crippen molar-refractivity contribution >= 4 is 5.57 Å². The summed E-state index contributed by atoms with van der Waals surface area (Å²) in [5, 5.41) is 19.3. The van der Waals surface area contributed by atoms with Gasteiger partial charge in [0.2, 0.25) is 0 Å². The van der Waals surface area contributed by atoms with Gasteiger partial charge in [0.25, 0.3) is 0 Å². The SMILES string of the molecule is C=C[C@@H]1C[C@H](/C=C\C2=CCc3ccccc32)[C@@H](CO)[C@H]1CO. The van der Waals surface area contributed by atoms with Crippen molar-refractivity contribution < 1.29 is 10.2 Å². The van der Waals surface area contributed by atoms with E-state index in [2.05, 4.69) is 49.1 Å². The molecule has 0 heterocycles. The fourth-order valence-electron chi connectivity index (χ4n) is 4.03. The van der Waals surface area contributed by atoms with Crippen molar-refractivity contribution in [3.8, 4) is 0 Å². The summed E-state index contributed by atoms with van der Waals surface area (Å²) in [5.41, 5.74) is 3.97. The molecular weight excluding hydrogens is 272 g/mol. The predicted octanol–water partition coefficient (Wildman–Crippen LogP) is 3.22. The van der Waals surface area contributed by atoms with Crippen molar-refractivity contribution in [2.24, 2.45) is 23.7 Å². The van der Waals surface area contributed by atoms with E-state index in [1.54, 1.807) is 0 Å². The van der Waals surface area contributed by atoms with Crippen LogP contribution in [0.15, 0.2) is 55.1 Å². The summed E-state index contributed by atoms with van der Waals surface area (Å²) in [4.78, 5) is 0. The van der Waals surface area contributed by atoms with Gasteiger partial charge in [-0.2, -0.15) is 0 Å². The Morgan fingerprint density at radius 1 is 1.09 bits per heavy atom. The molecule has 0 amide bonds. The minimum Gasteiger partial charge on any atom is -0.396 e. The highest BCUT2D eigenvalue weighted by atomic mass is 16.3. The zero-order valence-electron chi connectivity index (χ0n) is 12.9. The fraction of sp³-hybridized carbons (Fsp3) is 0.400. The molecule has 1 fully saturated rings. The van der Waals surface area contributed by atoms with Crippen molar-refractivity contribution in [3.05, 3.63) is 66.3 Å². The van der Waals surface area contributed by atoms with E-state index in [0.29, 0.717) is 11.8 Å². The maximum absolute atomic E-state index is 9.71. The molecule has 3 rings (SSSR count). The van der Waals surface area contributed by atoms with Crippen LogP contribution in [0.3, 0.4) is 0 Å². The van der Waals surface area contributed by atoms with Crippen LogP contribution in [0.5, 0.6) is 0 Å². The zero-order valence-corrected chi connectivity index (χ0v) is 12.9. The number of aliphatic hydroxyl groups excluding tert-OH is 2. The third kappa shape index (κ3) is 2.69. The van der Waals surface area contributed by atoms with E-state index in [1.165, 1.54) is 16.7 Å². The van der Waals surface area contributed by atoms with Gasteiger partial charge in [-0.3, -0.25) is 0 Å². The number of hydrogen-bond acceptors (Lipinski definition) is 2. The molecule has 0 radical (unpaired) electrons. The topological polar surface area (TPSA) is 40.5 Å². The minimum atomic E-state index is 0.123. The molecule has 0 aromatic heterocycles. The maximum Gasteiger partial charge on any atom is 0.0468 e. The molecule has 0 spiro atoms. The van der Waals surface area contributed by atoms with E-state index >= 15 is 0 Å². The van der Waals surface area contributed by atoms with Gasteiger partial charge in [-0.05, 0) is 53.2 Å². The molecule has 2 nitrogen and oxygen atoms in total. The van der Waals surface area contributed by atoms with E-state index in [9.17, 15) is 10.2 Å². The van der Waals surface area contributed by atoms with Gasteiger partial charge in [0.1, 0.15) is 0 Å². The first-order valence-corrected chi connectivity index (χ1v) is 8.09. The van der Waals surface area contributed by atoms with Gasteiger partial charge in [0, 0.05) is 13.2 Å². The first-order valence-electron chi connectivity index (χ1n) is 8.09. The number of fused-ring (bicyclic) bond motifs is 1. The molecule has 22 heavy (non-hydrogen) atoms. The van der Waals surface area contributed by atoms with Crippen LogP contribution >= 0.6 is 0 Å². The van der Waals surface area contributed by atoms with Crippen molar-refractivity contribution in [2.45, 2.75) is 12.8 Å². The second-order valence-corrected chi connectivity index (χ2v) is 6.37. The van der Waals surface area contributed by atoms with Crippen molar-refractivity contribution in [1.82, 2.24) is 0 Å². The largest absolute Gasteiger partial charge is 0.396 e. The first-order chi connectivity index (χ1) is 10.8. The molecule has 0 aliphatic heterocycles. The van der Waals surface area contributed by atoms with Gasteiger partial charge in [0.15, 0.2) is 0 Å².